The zero-order valence-corrected chi connectivity index (χ0v) is 19.4. The van der Waals surface area contributed by atoms with Crippen LogP contribution in [-0.2, 0) is 0 Å². The second-order valence-electron chi connectivity index (χ2n) is 7.90. The third-order valence-electron chi connectivity index (χ3n) is 5.89. The van der Waals surface area contributed by atoms with Gasteiger partial charge in [-0.15, -0.1) is 0 Å². The predicted molar refractivity (Wildman–Crippen MR) is 126 cm³/mol. The average Bonchev–Trinajstić information content (AvgIpc) is 3.24. The molecule has 0 radical (unpaired) electrons. The highest BCUT2D eigenvalue weighted by atomic mass is 35.5. The van der Waals surface area contributed by atoms with Crippen molar-refractivity contribution in [3.63, 3.8) is 0 Å². The van der Waals surface area contributed by atoms with Crippen molar-refractivity contribution in [2.75, 3.05) is 14.2 Å². The third kappa shape index (κ3) is 3.55. The maximum absolute atomic E-state index is 6.56. The van der Waals surface area contributed by atoms with E-state index in [1.165, 1.54) is 5.56 Å². The van der Waals surface area contributed by atoms with Gasteiger partial charge in [-0.1, -0.05) is 53.0 Å². The molecule has 0 aliphatic carbocycles. The second kappa shape index (κ2) is 8.23. The molecule has 0 saturated carbocycles. The van der Waals surface area contributed by atoms with Gasteiger partial charge in [0.1, 0.15) is 5.75 Å². The molecule has 3 aromatic rings. The van der Waals surface area contributed by atoms with Gasteiger partial charge in [0.05, 0.1) is 31.0 Å². The van der Waals surface area contributed by atoms with Crippen molar-refractivity contribution in [2.45, 2.75) is 25.6 Å². The zero-order valence-electron chi connectivity index (χ0n) is 17.9. The Kier molecular flexibility index (Phi) is 5.39. The van der Waals surface area contributed by atoms with Crippen molar-refractivity contribution in [3.05, 3.63) is 86.9 Å². The predicted octanol–water partition coefficient (Wildman–Crippen LogP) is 6.56. The first-order valence-corrected chi connectivity index (χ1v) is 11.0. The number of benzene rings is 3. The van der Waals surface area contributed by atoms with Gasteiger partial charge in [-0.05, 0) is 42.8 Å². The highest BCUT2D eigenvalue weighted by Crippen LogP contribution is 2.51. The molecule has 2 aliphatic heterocycles. The van der Waals surface area contributed by atoms with E-state index in [4.69, 9.17) is 42.5 Å². The van der Waals surface area contributed by atoms with Gasteiger partial charge in [0.2, 0.25) is 6.23 Å². The second-order valence-corrected chi connectivity index (χ2v) is 8.75. The van der Waals surface area contributed by atoms with Gasteiger partial charge in [-0.3, -0.25) is 0 Å². The van der Waals surface area contributed by atoms with Gasteiger partial charge in [0.15, 0.2) is 11.5 Å². The molecule has 32 heavy (non-hydrogen) atoms. The summed E-state index contributed by atoms with van der Waals surface area (Å²) in [4.78, 5) is 0. The van der Waals surface area contributed by atoms with E-state index in [9.17, 15) is 0 Å². The average molecular weight is 469 g/mol. The third-order valence-corrected chi connectivity index (χ3v) is 6.38. The minimum Gasteiger partial charge on any atom is -0.493 e. The van der Waals surface area contributed by atoms with Crippen molar-refractivity contribution in [3.8, 4) is 17.2 Å². The summed E-state index contributed by atoms with van der Waals surface area (Å²) in [5, 5.41) is 8.04. The normalized spacial score (nSPS) is 19.0. The first-order valence-electron chi connectivity index (χ1n) is 10.3. The van der Waals surface area contributed by atoms with Crippen LogP contribution >= 0.6 is 23.2 Å². The van der Waals surface area contributed by atoms with Gasteiger partial charge in [-0.25, -0.2) is 5.01 Å². The molecule has 3 aromatic carbocycles. The monoisotopic (exact) mass is 468 g/mol. The standard InChI is InChI=1S/C25H22Cl2N2O3/c1-14-4-6-15(7-5-14)20-13-21-18-11-17(26)12-19(27)24(18)32-25(29(21)28-20)16-8-9-22(30-2)23(10-16)31-3/h4-12,21,25H,13H2,1-3H3/t21-,25-/m1/s1. The summed E-state index contributed by atoms with van der Waals surface area (Å²) in [7, 11) is 3.23. The number of rotatable bonds is 4. The Morgan fingerprint density at radius 1 is 0.969 bits per heavy atom. The topological polar surface area (TPSA) is 43.3 Å². The Bertz CT molecular complexity index is 1210. The molecule has 5 rings (SSSR count). The van der Waals surface area contributed by atoms with E-state index in [1.807, 2.05) is 29.3 Å². The lowest BCUT2D eigenvalue weighted by Gasteiger charge is -2.38. The van der Waals surface area contributed by atoms with Gasteiger partial charge in [0, 0.05) is 22.6 Å². The summed E-state index contributed by atoms with van der Waals surface area (Å²) in [6, 6.07) is 17.7. The van der Waals surface area contributed by atoms with Crippen molar-refractivity contribution in [1.29, 1.82) is 0 Å². The summed E-state index contributed by atoms with van der Waals surface area (Å²) in [6.07, 6.45) is 0.244. The molecule has 2 aliphatic rings. The van der Waals surface area contributed by atoms with Crippen LogP contribution < -0.4 is 14.2 Å². The first kappa shape index (κ1) is 21.0. The van der Waals surface area contributed by atoms with Gasteiger partial charge >= 0.3 is 0 Å². The number of nitrogens with zero attached hydrogens (tertiary/aromatic N) is 2. The number of halogens is 2. The molecule has 5 nitrogen and oxygen atoms in total. The van der Waals surface area contributed by atoms with Crippen LogP contribution in [0.5, 0.6) is 17.2 Å². The Balaban J connectivity index is 1.62. The largest absolute Gasteiger partial charge is 0.493 e. The van der Waals surface area contributed by atoms with E-state index in [0.717, 1.165) is 28.8 Å². The van der Waals surface area contributed by atoms with Crippen LogP contribution in [0.15, 0.2) is 59.7 Å². The molecule has 2 heterocycles. The molecular weight excluding hydrogens is 447 g/mol. The fraction of sp³-hybridized carbons (Fsp3) is 0.240. The van der Waals surface area contributed by atoms with Gasteiger partial charge < -0.3 is 14.2 Å². The summed E-state index contributed by atoms with van der Waals surface area (Å²) in [5.41, 5.74) is 5.11. The molecule has 7 heteroatoms. The van der Waals surface area contributed by atoms with E-state index < -0.39 is 6.23 Å². The van der Waals surface area contributed by atoms with Crippen LogP contribution in [0.3, 0.4) is 0 Å². The number of fused-ring (bicyclic) bond motifs is 3. The van der Waals surface area contributed by atoms with Crippen LogP contribution in [0.25, 0.3) is 0 Å². The first-order chi connectivity index (χ1) is 15.5. The smallest absolute Gasteiger partial charge is 0.214 e. The molecule has 0 spiro atoms. The van der Waals surface area contributed by atoms with Crippen LogP contribution in [0, 0.1) is 6.92 Å². The Labute approximate surface area is 197 Å². The van der Waals surface area contributed by atoms with Crippen molar-refractivity contribution in [2.24, 2.45) is 5.10 Å². The molecule has 0 amide bonds. The molecule has 2 atom stereocenters. The number of ether oxygens (including phenoxy) is 3. The zero-order chi connectivity index (χ0) is 22.4. The molecule has 164 valence electrons. The minimum atomic E-state index is -0.478. The molecule has 0 fully saturated rings. The van der Waals surface area contributed by atoms with Crippen molar-refractivity contribution in [1.82, 2.24) is 5.01 Å². The lowest BCUT2D eigenvalue weighted by molar-refractivity contribution is -0.0190. The highest BCUT2D eigenvalue weighted by Gasteiger charge is 2.42. The van der Waals surface area contributed by atoms with Crippen molar-refractivity contribution < 1.29 is 14.2 Å². The van der Waals surface area contributed by atoms with Crippen LogP contribution in [-0.4, -0.2) is 24.9 Å². The summed E-state index contributed by atoms with van der Waals surface area (Å²) < 4.78 is 17.3. The van der Waals surface area contributed by atoms with Crippen LogP contribution in [0.2, 0.25) is 10.0 Å². The number of hydrogen-bond acceptors (Lipinski definition) is 5. The lowest BCUT2D eigenvalue weighted by atomic mass is 9.95. The van der Waals surface area contributed by atoms with E-state index in [-0.39, 0.29) is 6.04 Å². The molecule has 0 unspecified atom stereocenters. The maximum atomic E-state index is 6.56. The van der Waals surface area contributed by atoms with E-state index in [1.54, 1.807) is 20.3 Å². The Morgan fingerprint density at radius 2 is 1.72 bits per heavy atom. The van der Waals surface area contributed by atoms with Crippen LogP contribution in [0.4, 0.5) is 0 Å². The highest BCUT2D eigenvalue weighted by molar-refractivity contribution is 6.35. The van der Waals surface area contributed by atoms with Crippen LogP contribution in [0.1, 0.15) is 40.9 Å². The number of aryl methyl sites for hydroxylation is 1. The molecule has 0 saturated heterocycles. The molecular formula is C25H22Cl2N2O3. The molecule has 0 N–H and O–H groups in total. The fourth-order valence-corrected chi connectivity index (χ4v) is 4.82. The maximum Gasteiger partial charge on any atom is 0.214 e. The lowest BCUT2D eigenvalue weighted by Crippen LogP contribution is -2.33. The Morgan fingerprint density at radius 3 is 2.44 bits per heavy atom. The van der Waals surface area contributed by atoms with E-state index in [0.29, 0.717) is 27.3 Å². The number of methoxy groups -OCH3 is 2. The van der Waals surface area contributed by atoms with Gasteiger partial charge in [-0.2, -0.15) is 5.10 Å². The molecule has 0 aromatic heterocycles. The van der Waals surface area contributed by atoms with E-state index >= 15 is 0 Å². The Hall–Kier alpha value is -2.89. The SMILES string of the molecule is COc1ccc([C@H]2Oc3c(Cl)cc(Cl)cc3[C@H]3CC(c4ccc(C)cc4)=NN32)cc1OC. The number of hydrazone groups is 1. The van der Waals surface area contributed by atoms with Crippen molar-refractivity contribution >= 4 is 28.9 Å². The fourth-order valence-electron chi connectivity index (χ4n) is 4.26. The summed E-state index contributed by atoms with van der Waals surface area (Å²) in [5.74, 6) is 1.91. The summed E-state index contributed by atoms with van der Waals surface area (Å²) in [6.45, 7) is 2.07. The van der Waals surface area contributed by atoms with Gasteiger partial charge in [0.25, 0.3) is 0 Å². The number of hydrogen-bond donors (Lipinski definition) is 0. The minimum absolute atomic E-state index is 0.0515. The summed E-state index contributed by atoms with van der Waals surface area (Å²) >= 11 is 12.9. The quantitative estimate of drug-likeness (QED) is 0.434. The molecule has 0 bridgehead atoms. The van der Waals surface area contributed by atoms with E-state index in [2.05, 4.69) is 31.2 Å².